The Morgan fingerprint density at radius 3 is 2.67 bits per heavy atom. The summed E-state index contributed by atoms with van der Waals surface area (Å²) >= 11 is 11.3. The molecule has 0 saturated carbocycles. The van der Waals surface area contributed by atoms with Gasteiger partial charge in [-0.25, -0.2) is 9.37 Å². The lowest BCUT2D eigenvalue weighted by atomic mass is 10.2. The van der Waals surface area contributed by atoms with E-state index < -0.39 is 16.6 Å². The summed E-state index contributed by atoms with van der Waals surface area (Å²) in [6.07, 6.45) is 0.932. The molecule has 21 heavy (non-hydrogen) atoms. The van der Waals surface area contributed by atoms with E-state index in [1.807, 2.05) is 0 Å². The van der Waals surface area contributed by atoms with Crippen LogP contribution < -0.4 is 5.32 Å². The molecule has 2 aromatic rings. The van der Waals surface area contributed by atoms with Gasteiger partial charge in [0.1, 0.15) is 17.2 Å². The van der Waals surface area contributed by atoms with Crippen molar-refractivity contribution in [2.24, 2.45) is 0 Å². The third-order valence-electron chi connectivity index (χ3n) is 2.46. The molecule has 1 amide bonds. The van der Waals surface area contributed by atoms with Gasteiger partial charge in [0.25, 0.3) is 11.6 Å². The summed E-state index contributed by atoms with van der Waals surface area (Å²) in [6.45, 7) is 0. The Morgan fingerprint density at radius 1 is 1.33 bits per heavy atom. The summed E-state index contributed by atoms with van der Waals surface area (Å²) in [4.78, 5) is 25.5. The predicted octanol–water partition coefficient (Wildman–Crippen LogP) is 3.69. The van der Waals surface area contributed by atoms with Crippen LogP contribution in [0.15, 0.2) is 30.5 Å². The van der Waals surface area contributed by atoms with Gasteiger partial charge in [0, 0.05) is 11.8 Å². The number of carbonyl (C=O) groups excluding carboxylic acids is 1. The number of nitrogens with one attached hydrogen (secondary N) is 1. The van der Waals surface area contributed by atoms with E-state index in [1.54, 1.807) is 0 Å². The fourth-order valence-corrected chi connectivity index (χ4v) is 1.78. The van der Waals surface area contributed by atoms with Crippen LogP contribution in [0.5, 0.6) is 0 Å². The zero-order valence-corrected chi connectivity index (χ0v) is 11.7. The molecule has 0 saturated heterocycles. The molecule has 0 aliphatic heterocycles. The molecule has 0 fully saturated rings. The lowest BCUT2D eigenvalue weighted by molar-refractivity contribution is -0.385. The number of nitrogens with zero attached hydrogens (tertiary/aromatic N) is 2. The summed E-state index contributed by atoms with van der Waals surface area (Å²) in [5, 5.41) is 12.7. The van der Waals surface area contributed by atoms with E-state index in [9.17, 15) is 19.3 Å². The summed E-state index contributed by atoms with van der Waals surface area (Å²) in [5.74, 6) is -1.46. The molecule has 0 atom stereocenters. The molecule has 1 N–H and O–H groups in total. The Bertz CT molecular complexity index is 740. The van der Waals surface area contributed by atoms with E-state index in [-0.39, 0.29) is 27.1 Å². The van der Waals surface area contributed by atoms with Crippen molar-refractivity contribution in [1.82, 2.24) is 4.98 Å². The third kappa shape index (κ3) is 3.45. The SMILES string of the molecule is O=C(Nc1ccc(Cl)c(F)c1)c1cc([N+](=O)[O-])cnc1Cl. The molecule has 1 aromatic heterocycles. The molecule has 9 heteroatoms. The Hall–Kier alpha value is -2.25. The number of rotatable bonds is 3. The van der Waals surface area contributed by atoms with Gasteiger partial charge in [-0.1, -0.05) is 23.2 Å². The third-order valence-corrected chi connectivity index (χ3v) is 3.07. The Labute approximate surface area is 127 Å². The summed E-state index contributed by atoms with van der Waals surface area (Å²) in [5.41, 5.74) is -0.447. The van der Waals surface area contributed by atoms with Gasteiger partial charge in [-0.2, -0.15) is 0 Å². The van der Waals surface area contributed by atoms with Gasteiger partial charge in [0.2, 0.25) is 0 Å². The number of halogens is 3. The van der Waals surface area contributed by atoms with E-state index in [0.717, 1.165) is 18.3 Å². The zero-order chi connectivity index (χ0) is 15.6. The predicted molar refractivity (Wildman–Crippen MR) is 75.3 cm³/mol. The minimum absolute atomic E-state index is 0.0944. The molecular weight excluding hydrogens is 324 g/mol. The first-order valence-corrected chi connectivity index (χ1v) is 6.20. The second-order valence-corrected chi connectivity index (χ2v) is 4.64. The number of carbonyl (C=O) groups is 1. The van der Waals surface area contributed by atoms with Gasteiger partial charge < -0.3 is 5.32 Å². The molecule has 0 aliphatic carbocycles. The van der Waals surface area contributed by atoms with Crippen LogP contribution >= 0.6 is 23.2 Å². The quantitative estimate of drug-likeness (QED) is 0.528. The molecular formula is C12H6Cl2FN3O3. The number of benzene rings is 1. The van der Waals surface area contributed by atoms with E-state index >= 15 is 0 Å². The highest BCUT2D eigenvalue weighted by atomic mass is 35.5. The van der Waals surface area contributed by atoms with Crippen LogP contribution in [0.3, 0.4) is 0 Å². The lowest BCUT2D eigenvalue weighted by Crippen LogP contribution is -2.13. The number of amides is 1. The van der Waals surface area contributed by atoms with E-state index in [0.29, 0.717) is 0 Å². The maximum atomic E-state index is 13.3. The number of pyridine rings is 1. The van der Waals surface area contributed by atoms with Crippen molar-refractivity contribution < 1.29 is 14.1 Å². The molecule has 1 aromatic carbocycles. The Kier molecular flexibility index (Phi) is 4.35. The van der Waals surface area contributed by atoms with Crippen molar-refractivity contribution in [2.75, 3.05) is 5.32 Å². The molecule has 0 aliphatic rings. The van der Waals surface area contributed by atoms with Crippen LogP contribution in [-0.4, -0.2) is 15.8 Å². The fraction of sp³-hybridized carbons (Fsp3) is 0. The van der Waals surface area contributed by atoms with Crippen molar-refractivity contribution in [2.45, 2.75) is 0 Å². The average molecular weight is 330 g/mol. The highest BCUT2D eigenvalue weighted by molar-refractivity contribution is 6.33. The minimum atomic E-state index is -0.752. The van der Waals surface area contributed by atoms with Crippen LogP contribution in [0.2, 0.25) is 10.2 Å². The van der Waals surface area contributed by atoms with Gasteiger partial charge in [-0.05, 0) is 18.2 Å². The second-order valence-electron chi connectivity index (χ2n) is 3.87. The molecule has 108 valence electrons. The van der Waals surface area contributed by atoms with Gasteiger partial charge in [0.15, 0.2) is 0 Å². The highest BCUT2D eigenvalue weighted by Gasteiger charge is 2.17. The largest absolute Gasteiger partial charge is 0.322 e. The number of anilines is 1. The van der Waals surface area contributed by atoms with E-state index in [2.05, 4.69) is 10.3 Å². The second kappa shape index (κ2) is 6.02. The first-order valence-electron chi connectivity index (χ1n) is 5.45. The smallest absolute Gasteiger partial charge is 0.288 e. The van der Waals surface area contributed by atoms with Gasteiger partial charge in [-0.15, -0.1) is 0 Å². The number of hydrogen-bond donors (Lipinski definition) is 1. The number of hydrogen-bond acceptors (Lipinski definition) is 4. The fourth-order valence-electron chi connectivity index (χ4n) is 1.47. The van der Waals surface area contributed by atoms with Crippen LogP contribution in [0, 0.1) is 15.9 Å². The zero-order valence-electron chi connectivity index (χ0n) is 10.1. The summed E-state index contributed by atoms with van der Waals surface area (Å²) in [7, 11) is 0. The standard InChI is InChI=1S/C12H6Cl2FN3O3/c13-9-2-1-6(3-10(9)15)17-12(19)8-4-7(18(20)21)5-16-11(8)14/h1-5H,(H,17,19). The van der Waals surface area contributed by atoms with Crippen molar-refractivity contribution in [3.8, 4) is 0 Å². The topological polar surface area (TPSA) is 85.1 Å². The first kappa shape index (κ1) is 15.1. The summed E-state index contributed by atoms with van der Waals surface area (Å²) in [6, 6.07) is 4.64. The van der Waals surface area contributed by atoms with E-state index in [4.69, 9.17) is 23.2 Å². The highest BCUT2D eigenvalue weighted by Crippen LogP contribution is 2.22. The normalized spacial score (nSPS) is 10.2. The maximum Gasteiger partial charge on any atom is 0.288 e. The molecule has 0 bridgehead atoms. The Balaban J connectivity index is 2.29. The molecule has 2 rings (SSSR count). The molecule has 6 nitrogen and oxygen atoms in total. The molecule has 0 radical (unpaired) electrons. The number of nitro groups is 1. The summed E-state index contributed by atoms with van der Waals surface area (Å²) < 4.78 is 13.3. The van der Waals surface area contributed by atoms with Crippen LogP contribution in [-0.2, 0) is 0 Å². The van der Waals surface area contributed by atoms with Crippen molar-refractivity contribution in [3.05, 3.63) is 62.1 Å². The first-order chi connectivity index (χ1) is 9.88. The maximum absolute atomic E-state index is 13.3. The van der Waals surface area contributed by atoms with Gasteiger partial charge in [0.05, 0.1) is 15.5 Å². The van der Waals surface area contributed by atoms with Crippen LogP contribution in [0.25, 0.3) is 0 Å². The van der Waals surface area contributed by atoms with Crippen molar-refractivity contribution >= 4 is 40.5 Å². The molecule has 0 spiro atoms. The molecule has 0 unspecified atom stereocenters. The van der Waals surface area contributed by atoms with Crippen molar-refractivity contribution in [3.63, 3.8) is 0 Å². The van der Waals surface area contributed by atoms with Gasteiger partial charge >= 0.3 is 0 Å². The molecule has 1 heterocycles. The minimum Gasteiger partial charge on any atom is -0.322 e. The average Bonchev–Trinajstić information content (AvgIpc) is 2.43. The van der Waals surface area contributed by atoms with E-state index in [1.165, 1.54) is 12.1 Å². The lowest BCUT2D eigenvalue weighted by Gasteiger charge is -2.06. The monoisotopic (exact) mass is 329 g/mol. The Morgan fingerprint density at radius 2 is 2.05 bits per heavy atom. The van der Waals surface area contributed by atoms with Crippen molar-refractivity contribution in [1.29, 1.82) is 0 Å². The van der Waals surface area contributed by atoms with Crippen LogP contribution in [0.1, 0.15) is 10.4 Å². The van der Waals surface area contributed by atoms with Crippen LogP contribution in [0.4, 0.5) is 15.8 Å². The number of aromatic nitrogens is 1. The van der Waals surface area contributed by atoms with Gasteiger partial charge in [-0.3, -0.25) is 14.9 Å².